The van der Waals surface area contributed by atoms with Crippen LogP contribution in [0.15, 0.2) is 23.5 Å². The Morgan fingerprint density at radius 2 is 1.78 bits per heavy atom. The van der Waals surface area contributed by atoms with E-state index in [4.69, 9.17) is 4.84 Å². The van der Waals surface area contributed by atoms with E-state index in [9.17, 15) is 25.4 Å². The zero-order chi connectivity index (χ0) is 16.1. The number of hydrazine groups is 1. The van der Waals surface area contributed by atoms with Gasteiger partial charge in [-0.25, -0.2) is 0 Å². The van der Waals surface area contributed by atoms with Gasteiger partial charge in [0.25, 0.3) is 5.69 Å². The second kappa shape index (κ2) is 8.05. The predicted octanol–water partition coefficient (Wildman–Crippen LogP) is -3.44. The average molecular weight is 349 g/mol. The van der Waals surface area contributed by atoms with Gasteiger partial charge in [-0.3, -0.25) is 25.1 Å². The van der Waals surface area contributed by atoms with Crippen LogP contribution in [0.5, 0.6) is 5.75 Å². The van der Waals surface area contributed by atoms with Crippen LogP contribution in [0.25, 0.3) is 0 Å². The Balaban J connectivity index is 0.00000264. The van der Waals surface area contributed by atoms with Gasteiger partial charge in [-0.05, 0) is 6.07 Å². The van der Waals surface area contributed by atoms with Crippen molar-refractivity contribution in [2.75, 3.05) is 26.2 Å². The van der Waals surface area contributed by atoms with E-state index < -0.39 is 21.2 Å². The average Bonchev–Trinajstić information content (AvgIpc) is 2.53. The SMILES string of the molecule is O=[N+]([O-])c1ccc(O/N=[N+](\[O-])N2CC[NH2+]CC2)c([N+](=O)[O-])c1.[Cl-]. The number of non-ortho nitro benzene ring substituents is 1. The van der Waals surface area contributed by atoms with Gasteiger partial charge in [0.15, 0.2) is 0 Å². The molecule has 1 aromatic rings. The summed E-state index contributed by atoms with van der Waals surface area (Å²) < 4.78 is 0. The van der Waals surface area contributed by atoms with Crippen molar-refractivity contribution in [1.29, 1.82) is 0 Å². The summed E-state index contributed by atoms with van der Waals surface area (Å²) in [6, 6.07) is 2.80. The molecule has 126 valence electrons. The normalized spacial score (nSPS) is 14.8. The lowest BCUT2D eigenvalue weighted by Crippen LogP contribution is -3.00. The first kappa shape index (κ1) is 18.3. The Morgan fingerprint density at radius 1 is 1.13 bits per heavy atom. The summed E-state index contributed by atoms with van der Waals surface area (Å²) in [5.41, 5.74) is -1.09. The maximum Gasteiger partial charge on any atom is 0.321 e. The van der Waals surface area contributed by atoms with Crippen molar-refractivity contribution in [3.05, 3.63) is 43.6 Å². The zero-order valence-corrected chi connectivity index (χ0v) is 12.5. The number of rotatable bonds is 5. The third kappa shape index (κ3) is 4.62. The first-order valence-electron chi connectivity index (χ1n) is 6.33. The minimum Gasteiger partial charge on any atom is -1.00 e. The molecule has 1 fully saturated rings. The lowest BCUT2D eigenvalue weighted by atomic mass is 10.2. The molecular formula is C10H13ClN6O6. The van der Waals surface area contributed by atoms with Gasteiger partial charge in [-0.2, -0.15) is 0 Å². The fourth-order valence-corrected chi connectivity index (χ4v) is 1.88. The van der Waals surface area contributed by atoms with Gasteiger partial charge in [-0.1, -0.05) is 0 Å². The summed E-state index contributed by atoms with van der Waals surface area (Å²) in [5, 5.41) is 39.9. The van der Waals surface area contributed by atoms with Gasteiger partial charge in [0.2, 0.25) is 11.0 Å². The first-order chi connectivity index (χ1) is 10.5. The first-order valence-corrected chi connectivity index (χ1v) is 6.33. The Labute approximate surface area is 135 Å². The van der Waals surface area contributed by atoms with Gasteiger partial charge in [0.05, 0.1) is 34.0 Å². The predicted molar refractivity (Wildman–Crippen MR) is 69.7 cm³/mol. The second-order valence-electron chi connectivity index (χ2n) is 4.41. The summed E-state index contributed by atoms with van der Waals surface area (Å²) in [7, 11) is 0. The second-order valence-corrected chi connectivity index (χ2v) is 4.41. The molecule has 1 heterocycles. The van der Waals surface area contributed by atoms with E-state index in [1.165, 1.54) is 5.01 Å². The van der Waals surface area contributed by atoms with Crippen molar-refractivity contribution in [3.8, 4) is 5.75 Å². The summed E-state index contributed by atoms with van der Waals surface area (Å²) in [6.45, 7) is 2.40. The van der Waals surface area contributed by atoms with Gasteiger partial charge >= 0.3 is 5.69 Å². The van der Waals surface area contributed by atoms with E-state index >= 15 is 0 Å². The Kier molecular flexibility index (Phi) is 6.41. The molecule has 23 heavy (non-hydrogen) atoms. The highest BCUT2D eigenvalue weighted by Gasteiger charge is 2.23. The molecule has 1 aliphatic heterocycles. The molecule has 12 nitrogen and oxygen atoms in total. The van der Waals surface area contributed by atoms with Gasteiger partial charge < -0.3 is 22.9 Å². The monoisotopic (exact) mass is 348 g/mol. The molecule has 0 aromatic heterocycles. The number of hydrogen-bond acceptors (Lipinski definition) is 7. The minimum absolute atomic E-state index is 0. The van der Waals surface area contributed by atoms with Gasteiger partial charge in [-0.15, -0.1) is 5.01 Å². The molecule has 2 N–H and O–H groups in total. The molecule has 0 atom stereocenters. The number of benzene rings is 1. The van der Waals surface area contributed by atoms with Crippen molar-refractivity contribution in [2.45, 2.75) is 0 Å². The highest BCUT2D eigenvalue weighted by atomic mass is 35.5. The van der Waals surface area contributed by atoms with Gasteiger partial charge in [0.1, 0.15) is 13.1 Å². The largest absolute Gasteiger partial charge is 1.00 e. The Morgan fingerprint density at radius 3 is 2.35 bits per heavy atom. The van der Waals surface area contributed by atoms with Crippen LogP contribution in [0.3, 0.4) is 0 Å². The standard InChI is InChI=1S/C10H12N6O6.ClH/c17-14(18)8-1-2-10(9(7-8)15(19)20)22-12-16(21)13-5-3-11-4-6-13;/h1-2,7,11H,3-6H2;1H/b16-12-;. The van der Waals surface area contributed by atoms with Crippen LogP contribution in [0.2, 0.25) is 0 Å². The lowest BCUT2D eigenvalue weighted by Gasteiger charge is -2.20. The molecule has 1 aromatic carbocycles. The quantitative estimate of drug-likeness (QED) is 0.251. The molecule has 0 amide bonds. The Hall–Kier alpha value is -2.73. The molecule has 0 saturated carbocycles. The molecule has 0 bridgehead atoms. The van der Waals surface area contributed by atoms with Crippen LogP contribution in [-0.2, 0) is 0 Å². The zero-order valence-electron chi connectivity index (χ0n) is 11.7. The number of quaternary nitrogens is 1. The summed E-state index contributed by atoms with van der Waals surface area (Å²) in [5.74, 6) is -0.347. The van der Waals surface area contributed by atoms with Gasteiger partial charge in [0, 0.05) is 6.07 Å². The number of halogens is 1. The third-order valence-corrected chi connectivity index (χ3v) is 2.98. The molecule has 0 spiro atoms. The lowest BCUT2D eigenvalue weighted by molar-refractivity contribution is -0.752. The van der Waals surface area contributed by atoms with Crippen LogP contribution in [0.1, 0.15) is 0 Å². The molecular weight excluding hydrogens is 336 g/mol. The van der Waals surface area contributed by atoms with Crippen molar-refractivity contribution in [2.24, 2.45) is 5.28 Å². The summed E-state index contributed by atoms with van der Waals surface area (Å²) >= 11 is 0. The maximum atomic E-state index is 11.7. The molecule has 13 heteroatoms. The minimum atomic E-state index is -0.844. The van der Waals surface area contributed by atoms with E-state index in [0.29, 0.717) is 13.1 Å². The van der Waals surface area contributed by atoms with Crippen LogP contribution in [-0.4, -0.2) is 46.0 Å². The molecule has 0 unspecified atom stereocenters. The van der Waals surface area contributed by atoms with Crippen LogP contribution >= 0.6 is 0 Å². The smallest absolute Gasteiger partial charge is 0.321 e. The fourth-order valence-electron chi connectivity index (χ4n) is 1.88. The van der Waals surface area contributed by atoms with Crippen molar-refractivity contribution >= 4 is 11.4 Å². The van der Waals surface area contributed by atoms with Crippen LogP contribution in [0.4, 0.5) is 11.4 Å². The highest BCUT2D eigenvalue weighted by molar-refractivity contribution is 5.53. The fraction of sp³-hybridized carbons (Fsp3) is 0.400. The number of nitro benzene ring substituents is 2. The molecule has 0 radical (unpaired) electrons. The van der Waals surface area contributed by atoms with E-state index in [-0.39, 0.29) is 23.1 Å². The van der Waals surface area contributed by atoms with Crippen molar-refractivity contribution in [1.82, 2.24) is 5.01 Å². The molecule has 1 saturated heterocycles. The molecule has 2 rings (SSSR count). The van der Waals surface area contributed by atoms with Crippen LogP contribution in [0, 0.1) is 25.4 Å². The summed E-state index contributed by atoms with van der Waals surface area (Å²) in [6.07, 6.45) is 0. The topological polar surface area (TPSA) is 154 Å². The van der Waals surface area contributed by atoms with E-state index in [2.05, 4.69) is 5.28 Å². The van der Waals surface area contributed by atoms with E-state index in [0.717, 1.165) is 31.3 Å². The maximum absolute atomic E-state index is 11.7. The summed E-state index contributed by atoms with van der Waals surface area (Å²) in [4.78, 5) is 24.9. The molecule has 0 aliphatic carbocycles. The Bertz CT molecular complexity index is 620. The van der Waals surface area contributed by atoms with Crippen molar-refractivity contribution in [3.63, 3.8) is 0 Å². The van der Waals surface area contributed by atoms with Crippen LogP contribution < -0.4 is 22.6 Å². The molecule has 1 aliphatic rings. The number of nitro groups is 2. The van der Waals surface area contributed by atoms with Crippen molar-refractivity contribution < 1.29 is 37.4 Å². The number of hydrogen-bond donors (Lipinski definition) is 1. The third-order valence-electron chi connectivity index (χ3n) is 2.98. The number of nitrogens with two attached hydrogens (primary N) is 1. The van der Waals surface area contributed by atoms with E-state index in [1.54, 1.807) is 0 Å². The number of nitrogens with zero attached hydrogens (tertiary/aromatic N) is 5. The number of piperazine rings is 1. The highest BCUT2D eigenvalue weighted by Crippen LogP contribution is 2.31. The van der Waals surface area contributed by atoms with E-state index in [1.807, 2.05) is 5.32 Å².